The van der Waals surface area contributed by atoms with Crippen LogP contribution in [0.2, 0.25) is 0 Å². The van der Waals surface area contributed by atoms with Crippen LogP contribution in [0.15, 0.2) is 70.3 Å². The second-order valence-electron chi connectivity index (χ2n) is 9.24. The maximum absolute atomic E-state index is 14.0. The van der Waals surface area contributed by atoms with Crippen LogP contribution in [0, 0.1) is 0 Å². The zero-order valence-electron chi connectivity index (χ0n) is 21.9. The Bertz CT molecular complexity index is 1400. The van der Waals surface area contributed by atoms with Crippen LogP contribution in [0.1, 0.15) is 42.9 Å². The van der Waals surface area contributed by atoms with Crippen molar-refractivity contribution in [3.63, 3.8) is 0 Å². The summed E-state index contributed by atoms with van der Waals surface area (Å²) in [7, 11) is 4.91. The third-order valence-electron chi connectivity index (χ3n) is 7.05. The van der Waals surface area contributed by atoms with Gasteiger partial charge in [0, 0.05) is 29.2 Å². The first kappa shape index (κ1) is 26.0. The molecule has 3 aromatic rings. The zero-order valence-corrected chi connectivity index (χ0v) is 23.5. The van der Waals surface area contributed by atoms with Gasteiger partial charge in [0.1, 0.15) is 11.5 Å². The molecule has 2 atom stereocenters. The van der Waals surface area contributed by atoms with Gasteiger partial charge in [0.15, 0.2) is 17.3 Å². The first-order valence-electron chi connectivity index (χ1n) is 12.6. The standard InChI is InChI=1S/C30H31BrN2O5/c1-5-38-27-15-18(12-21(31)30(27)37-4)29-28-24(32-22-8-6-7-9-23(22)33-29)13-17(14-25(28)34)20-16-19(35-2)10-11-26(20)36-3/h6-12,15-17,29,32-33H,5,13-14H2,1-4H3. The molecule has 3 aromatic carbocycles. The van der Waals surface area contributed by atoms with E-state index in [-0.39, 0.29) is 17.7 Å². The maximum atomic E-state index is 14.0. The van der Waals surface area contributed by atoms with Gasteiger partial charge in [0.2, 0.25) is 0 Å². The van der Waals surface area contributed by atoms with E-state index in [1.165, 1.54) is 0 Å². The fraction of sp³-hybridized carbons (Fsp3) is 0.300. The largest absolute Gasteiger partial charge is 0.497 e. The summed E-state index contributed by atoms with van der Waals surface area (Å²) in [5.41, 5.74) is 5.31. The highest BCUT2D eigenvalue weighted by Gasteiger charge is 2.37. The number of para-hydroxylation sites is 2. The van der Waals surface area contributed by atoms with E-state index in [9.17, 15) is 4.79 Å². The summed E-state index contributed by atoms with van der Waals surface area (Å²) >= 11 is 3.64. The Balaban J connectivity index is 1.64. The smallest absolute Gasteiger partial charge is 0.174 e. The Hall–Kier alpha value is -3.65. The SMILES string of the molecule is CCOc1cc(C2Nc3ccccc3NC3=C2C(=O)CC(c2cc(OC)ccc2OC)C3)cc(Br)c1OC. The number of nitrogens with one attached hydrogen (secondary N) is 2. The molecule has 0 saturated carbocycles. The van der Waals surface area contributed by atoms with E-state index >= 15 is 0 Å². The molecule has 1 aliphatic heterocycles. The Labute approximate surface area is 231 Å². The van der Waals surface area contributed by atoms with Gasteiger partial charge in [-0.15, -0.1) is 0 Å². The molecule has 7 nitrogen and oxygen atoms in total. The molecular formula is C30H31BrN2O5. The number of carbonyl (C=O) groups excluding carboxylic acids is 1. The van der Waals surface area contributed by atoms with Crippen LogP contribution in [0.5, 0.6) is 23.0 Å². The van der Waals surface area contributed by atoms with Crippen molar-refractivity contribution in [1.82, 2.24) is 0 Å². The fourth-order valence-electron chi connectivity index (χ4n) is 5.34. The van der Waals surface area contributed by atoms with Gasteiger partial charge >= 0.3 is 0 Å². The van der Waals surface area contributed by atoms with E-state index < -0.39 is 0 Å². The number of ether oxygens (including phenoxy) is 4. The zero-order chi connectivity index (χ0) is 26.8. The number of Topliss-reactive ketones (excluding diaryl/α,β-unsaturated/α-hetero) is 1. The summed E-state index contributed by atoms with van der Waals surface area (Å²) in [6.07, 6.45) is 1.00. The van der Waals surface area contributed by atoms with E-state index in [0.717, 1.165) is 49.7 Å². The normalized spacial score (nSPS) is 18.4. The second kappa shape index (κ2) is 11.0. The molecule has 0 fully saturated rings. The lowest BCUT2D eigenvalue weighted by Crippen LogP contribution is -2.27. The molecule has 1 aliphatic carbocycles. The van der Waals surface area contributed by atoms with Crippen LogP contribution in [-0.2, 0) is 4.79 Å². The minimum atomic E-state index is -0.386. The van der Waals surface area contributed by atoms with E-state index in [1.54, 1.807) is 21.3 Å². The Morgan fingerprint density at radius 2 is 1.71 bits per heavy atom. The van der Waals surface area contributed by atoms with Crippen molar-refractivity contribution in [2.75, 3.05) is 38.6 Å². The average molecular weight is 579 g/mol. The number of ketones is 1. The highest BCUT2D eigenvalue weighted by atomic mass is 79.9. The summed E-state index contributed by atoms with van der Waals surface area (Å²) < 4.78 is 23.4. The minimum Gasteiger partial charge on any atom is -0.497 e. The molecule has 0 radical (unpaired) electrons. The molecule has 8 heteroatoms. The molecule has 0 bridgehead atoms. The predicted octanol–water partition coefficient (Wildman–Crippen LogP) is 6.85. The predicted molar refractivity (Wildman–Crippen MR) is 152 cm³/mol. The number of fused-ring (bicyclic) bond motifs is 1. The quantitative estimate of drug-likeness (QED) is 0.317. The molecule has 1 heterocycles. The molecule has 2 N–H and O–H groups in total. The van der Waals surface area contributed by atoms with Crippen molar-refractivity contribution >= 4 is 33.1 Å². The highest BCUT2D eigenvalue weighted by Crippen LogP contribution is 2.48. The van der Waals surface area contributed by atoms with E-state index in [4.69, 9.17) is 18.9 Å². The lowest BCUT2D eigenvalue weighted by atomic mass is 9.78. The molecule has 2 unspecified atom stereocenters. The van der Waals surface area contributed by atoms with Crippen molar-refractivity contribution in [2.24, 2.45) is 0 Å². The van der Waals surface area contributed by atoms with E-state index in [0.29, 0.717) is 30.9 Å². The van der Waals surface area contributed by atoms with Crippen LogP contribution in [0.3, 0.4) is 0 Å². The monoisotopic (exact) mass is 578 g/mol. The number of carbonyl (C=O) groups is 1. The van der Waals surface area contributed by atoms with E-state index in [2.05, 4.69) is 26.6 Å². The summed E-state index contributed by atoms with van der Waals surface area (Å²) in [5, 5.41) is 7.22. The molecule has 2 aliphatic rings. The molecule has 0 saturated heterocycles. The van der Waals surface area contributed by atoms with Crippen molar-refractivity contribution in [3.8, 4) is 23.0 Å². The van der Waals surface area contributed by atoms with Gasteiger partial charge in [-0.25, -0.2) is 0 Å². The van der Waals surface area contributed by atoms with Gasteiger partial charge < -0.3 is 29.6 Å². The van der Waals surface area contributed by atoms with Gasteiger partial charge in [-0.1, -0.05) is 12.1 Å². The van der Waals surface area contributed by atoms with Crippen LogP contribution >= 0.6 is 15.9 Å². The third kappa shape index (κ3) is 4.80. The van der Waals surface area contributed by atoms with Gasteiger partial charge in [0.05, 0.1) is 49.8 Å². The lowest BCUT2D eigenvalue weighted by Gasteiger charge is -2.31. The van der Waals surface area contributed by atoms with Crippen LogP contribution < -0.4 is 29.6 Å². The number of hydrogen-bond donors (Lipinski definition) is 2. The third-order valence-corrected chi connectivity index (χ3v) is 7.64. The Morgan fingerprint density at radius 1 is 0.921 bits per heavy atom. The average Bonchev–Trinajstić information content (AvgIpc) is 3.09. The molecule has 5 rings (SSSR count). The van der Waals surface area contributed by atoms with Crippen LogP contribution in [0.25, 0.3) is 0 Å². The number of allylic oxidation sites excluding steroid dienone is 1. The Morgan fingerprint density at radius 3 is 2.42 bits per heavy atom. The number of methoxy groups -OCH3 is 3. The lowest BCUT2D eigenvalue weighted by molar-refractivity contribution is -0.116. The van der Waals surface area contributed by atoms with Crippen molar-refractivity contribution in [2.45, 2.75) is 31.7 Å². The number of hydrogen-bond acceptors (Lipinski definition) is 7. The van der Waals surface area contributed by atoms with Crippen molar-refractivity contribution < 1.29 is 23.7 Å². The van der Waals surface area contributed by atoms with Crippen LogP contribution in [0.4, 0.5) is 11.4 Å². The number of benzene rings is 3. The number of anilines is 2. The molecule has 0 aromatic heterocycles. The molecular weight excluding hydrogens is 548 g/mol. The number of halogens is 1. The van der Waals surface area contributed by atoms with E-state index in [1.807, 2.05) is 61.5 Å². The maximum Gasteiger partial charge on any atom is 0.174 e. The number of rotatable bonds is 7. The topological polar surface area (TPSA) is 78.1 Å². The van der Waals surface area contributed by atoms with Gasteiger partial charge in [-0.3, -0.25) is 4.79 Å². The Kier molecular flexibility index (Phi) is 7.51. The molecule has 198 valence electrons. The minimum absolute atomic E-state index is 0.0636. The van der Waals surface area contributed by atoms with Crippen LogP contribution in [-0.4, -0.2) is 33.7 Å². The molecule has 0 spiro atoms. The first-order chi connectivity index (χ1) is 18.5. The van der Waals surface area contributed by atoms with Crippen molar-refractivity contribution in [1.29, 1.82) is 0 Å². The molecule has 38 heavy (non-hydrogen) atoms. The fourth-order valence-corrected chi connectivity index (χ4v) is 5.96. The summed E-state index contributed by atoms with van der Waals surface area (Å²) in [6, 6.07) is 17.3. The van der Waals surface area contributed by atoms with Gasteiger partial charge in [-0.2, -0.15) is 0 Å². The summed E-state index contributed by atoms with van der Waals surface area (Å²) in [5.74, 6) is 2.73. The van der Waals surface area contributed by atoms with Gasteiger partial charge in [-0.05, 0) is 77.3 Å². The molecule has 0 amide bonds. The van der Waals surface area contributed by atoms with Gasteiger partial charge in [0.25, 0.3) is 0 Å². The highest BCUT2D eigenvalue weighted by molar-refractivity contribution is 9.10. The summed E-state index contributed by atoms with van der Waals surface area (Å²) in [6.45, 7) is 2.42. The van der Waals surface area contributed by atoms with Crippen molar-refractivity contribution in [3.05, 3.63) is 81.5 Å². The summed E-state index contributed by atoms with van der Waals surface area (Å²) in [4.78, 5) is 14.0. The first-order valence-corrected chi connectivity index (χ1v) is 13.4. The second-order valence-corrected chi connectivity index (χ2v) is 10.1.